The monoisotopic (exact) mass is 349 g/mol. The fraction of sp³-hybridized carbons (Fsp3) is 0.0667. The maximum absolute atomic E-state index is 12.1. The molecule has 0 atom stereocenters. The molecule has 0 saturated carbocycles. The normalized spacial score (nSPS) is 10.0. The summed E-state index contributed by atoms with van der Waals surface area (Å²) in [6.07, 6.45) is 0. The van der Waals surface area contributed by atoms with Crippen LogP contribution in [0.5, 0.6) is 0 Å². The molecule has 23 heavy (non-hydrogen) atoms. The molecule has 0 unspecified atom stereocenters. The van der Waals surface area contributed by atoms with Crippen molar-refractivity contribution >= 4 is 46.2 Å². The van der Waals surface area contributed by atoms with Crippen LogP contribution in [-0.2, 0) is 0 Å². The molecule has 8 heteroatoms. The molecule has 0 spiro atoms. The second-order valence-electron chi connectivity index (χ2n) is 4.67. The van der Waals surface area contributed by atoms with Crippen LogP contribution >= 0.6 is 23.8 Å². The molecular weight excluding hydrogens is 338 g/mol. The van der Waals surface area contributed by atoms with Gasteiger partial charge in [-0.25, -0.2) is 0 Å². The summed E-state index contributed by atoms with van der Waals surface area (Å²) in [6, 6.07) is 10.9. The Kier molecular flexibility index (Phi) is 5.25. The van der Waals surface area contributed by atoms with Gasteiger partial charge in [0, 0.05) is 27.9 Å². The lowest BCUT2D eigenvalue weighted by Crippen LogP contribution is -2.34. The van der Waals surface area contributed by atoms with Crippen LogP contribution in [0.15, 0.2) is 42.5 Å². The van der Waals surface area contributed by atoms with E-state index >= 15 is 0 Å². The SMILES string of the molecule is Cc1cc(C(=O)NC(=S)Nc2ccc(Cl)cc2)ccc1[N+](=O)[O-]. The van der Waals surface area contributed by atoms with Gasteiger partial charge >= 0.3 is 0 Å². The van der Waals surface area contributed by atoms with Crippen LogP contribution in [0.25, 0.3) is 0 Å². The van der Waals surface area contributed by atoms with Gasteiger partial charge in [-0.2, -0.15) is 0 Å². The van der Waals surface area contributed by atoms with E-state index in [0.29, 0.717) is 16.3 Å². The third kappa shape index (κ3) is 4.48. The molecule has 0 saturated heterocycles. The van der Waals surface area contributed by atoms with Gasteiger partial charge in [-0.15, -0.1) is 0 Å². The van der Waals surface area contributed by atoms with E-state index < -0.39 is 10.8 Å². The number of halogens is 1. The summed E-state index contributed by atoms with van der Waals surface area (Å²) < 4.78 is 0. The van der Waals surface area contributed by atoms with Crippen molar-refractivity contribution in [1.29, 1.82) is 0 Å². The topological polar surface area (TPSA) is 84.3 Å². The number of carbonyl (C=O) groups is 1. The Morgan fingerprint density at radius 2 is 1.87 bits per heavy atom. The van der Waals surface area contributed by atoms with Crippen molar-refractivity contribution in [1.82, 2.24) is 5.32 Å². The lowest BCUT2D eigenvalue weighted by molar-refractivity contribution is -0.385. The fourth-order valence-corrected chi connectivity index (χ4v) is 2.21. The molecule has 118 valence electrons. The number of hydrogen-bond donors (Lipinski definition) is 2. The van der Waals surface area contributed by atoms with E-state index in [2.05, 4.69) is 10.6 Å². The first-order chi connectivity index (χ1) is 10.9. The molecule has 0 aliphatic heterocycles. The van der Waals surface area contributed by atoms with E-state index in [1.807, 2.05) is 0 Å². The highest BCUT2D eigenvalue weighted by molar-refractivity contribution is 7.80. The largest absolute Gasteiger partial charge is 0.332 e. The first-order valence-electron chi connectivity index (χ1n) is 6.50. The molecule has 2 N–H and O–H groups in total. The second-order valence-corrected chi connectivity index (χ2v) is 5.52. The van der Waals surface area contributed by atoms with E-state index in [1.54, 1.807) is 31.2 Å². The molecular formula is C15H12ClN3O3S. The smallest absolute Gasteiger partial charge is 0.272 e. The summed E-state index contributed by atoms with van der Waals surface area (Å²) >= 11 is 10.8. The summed E-state index contributed by atoms with van der Waals surface area (Å²) in [5, 5.41) is 16.8. The van der Waals surface area contributed by atoms with Crippen LogP contribution in [0.3, 0.4) is 0 Å². The minimum Gasteiger partial charge on any atom is -0.332 e. The Morgan fingerprint density at radius 1 is 1.22 bits per heavy atom. The molecule has 1 amide bonds. The van der Waals surface area contributed by atoms with E-state index in [0.717, 1.165) is 0 Å². The summed E-state index contributed by atoms with van der Waals surface area (Å²) in [5.41, 5.74) is 1.33. The van der Waals surface area contributed by atoms with Gasteiger partial charge in [-0.05, 0) is 55.5 Å². The number of anilines is 1. The van der Waals surface area contributed by atoms with Crippen molar-refractivity contribution in [3.8, 4) is 0 Å². The third-order valence-electron chi connectivity index (χ3n) is 2.98. The predicted molar refractivity (Wildman–Crippen MR) is 93.0 cm³/mol. The molecule has 2 aromatic rings. The molecule has 0 radical (unpaired) electrons. The maximum Gasteiger partial charge on any atom is 0.272 e. The van der Waals surface area contributed by atoms with Crippen LogP contribution in [0, 0.1) is 17.0 Å². The van der Waals surface area contributed by atoms with Crippen LogP contribution in [0.1, 0.15) is 15.9 Å². The van der Waals surface area contributed by atoms with Crippen LogP contribution in [-0.4, -0.2) is 15.9 Å². The number of nitrogens with zero attached hydrogens (tertiary/aromatic N) is 1. The van der Waals surface area contributed by atoms with Gasteiger partial charge in [-0.1, -0.05) is 11.6 Å². The van der Waals surface area contributed by atoms with Gasteiger partial charge in [0.15, 0.2) is 5.11 Å². The number of aryl methyl sites for hydroxylation is 1. The molecule has 0 aromatic heterocycles. The highest BCUT2D eigenvalue weighted by atomic mass is 35.5. The predicted octanol–water partition coefficient (Wildman–Crippen LogP) is 3.68. The van der Waals surface area contributed by atoms with Crippen LogP contribution in [0.2, 0.25) is 5.02 Å². The molecule has 0 aliphatic carbocycles. The minimum atomic E-state index is -0.496. The highest BCUT2D eigenvalue weighted by Crippen LogP contribution is 2.18. The average Bonchev–Trinajstić information content (AvgIpc) is 2.49. The zero-order valence-electron chi connectivity index (χ0n) is 12.0. The van der Waals surface area contributed by atoms with Crippen molar-refractivity contribution in [3.63, 3.8) is 0 Å². The third-order valence-corrected chi connectivity index (χ3v) is 3.44. The Bertz CT molecular complexity index is 778. The van der Waals surface area contributed by atoms with Gasteiger partial charge in [0.1, 0.15) is 0 Å². The molecule has 2 aromatic carbocycles. The maximum atomic E-state index is 12.1. The first-order valence-corrected chi connectivity index (χ1v) is 7.28. The Labute approximate surface area is 142 Å². The van der Waals surface area contributed by atoms with Crippen molar-refractivity contribution in [2.24, 2.45) is 0 Å². The fourth-order valence-electron chi connectivity index (χ4n) is 1.87. The number of hydrogen-bond acceptors (Lipinski definition) is 4. The van der Waals surface area contributed by atoms with E-state index in [-0.39, 0.29) is 16.4 Å². The Hall–Kier alpha value is -2.51. The zero-order valence-corrected chi connectivity index (χ0v) is 13.6. The van der Waals surface area contributed by atoms with Crippen LogP contribution in [0.4, 0.5) is 11.4 Å². The first kappa shape index (κ1) is 16.9. The zero-order chi connectivity index (χ0) is 17.0. The summed E-state index contributed by atoms with van der Waals surface area (Å²) in [6.45, 7) is 1.57. The summed E-state index contributed by atoms with van der Waals surface area (Å²) in [4.78, 5) is 22.4. The van der Waals surface area contributed by atoms with Gasteiger partial charge in [0.25, 0.3) is 11.6 Å². The molecule has 0 fully saturated rings. The van der Waals surface area contributed by atoms with Gasteiger partial charge < -0.3 is 5.32 Å². The summed E-state index contributed by atoms with van der Waals surface area (Å²) in [5.74, 6) is -0.450. The van der Waals surface area contributed by atoms with Gasteiger partial charge in [0.05, 0.1) is 4.92 Å². The quantitative estimate of drug-likeness (QED) is 0.501. The van der Waals surface area contributed by atoms with Crippen molar-refractivity contribution in [3.05, 3.63) is 68.7 Å². The van der Waals surface area contributed by atoms with Crippen molar-refractivity contribution in [2.45, 2.75) is 6.92 Å². The summed E-state index contributed by atoms with van der Waals surface area (Å²) in [7, 11) is 0. The van der Waals surface area contributed by atoms with Crippen molar-refractivity contribution in [2.75, 3.05) is 5.32 Å². The molecule has 2 rings (SSSR count). The Morgan fingerprint density at radius 3 is 2.43 bits per heavy atom. The van der Waals surface area contributed by atoms with E-state index in [4.69, 9.17) is 23.8 Å². The highest BCUT2D eigenvalue weighted by Gasteiger charge is 2.14. The molecule has 6 nitrogen and oxygen atoms in total. The van der Waals surface area contributed by atoms with E-state index in [1.165, 1.54) is 18.2 Å². The van der Waals surface area contributed by atoms with Gasteiger partial charge in [-0.3, -0.25) is 20.2 Å². The number of nitro groups is 1. The lowest BCUT2D eigenvalue weighted by atomic mass is 10.1. The molecule has 0 heterocycles. The van der Waals surface area contributed by atoms with E-state index in [9.17, 15) is 14.9 Å². The molecule has 0 aliphatic rings. The number of nitrogens with one attached hydrogen (secondary N) is 2. The Balaban J connectivity index is 2.03. The lowest BCUT2D eigenvalue weighted by Gasteiger charge is -2.10. The molecule has 0 bridgehead atoms. The average molecular weight is 350 g/mol. The standard InChI is InChI=1S/C15H12ClN3O3S/c1-9-8-10(2-7-13(9)19(21)22)14(20)18-15(23)17-12-5-3-11(16)4-6-12/h2-8H,1H3,(H2,17,18,20,23). The number of rotatable bonds is 3. The number of amides is 1. The second kappa shape index (κ2) is 7.17. The van der Waals surface area contributed by atoms with Gasteiger partial charge in [0.2, 0.25) is 0 Å². The number of thiocarbonyl (C=S) groups is 1. The van der Waals surface area contributed by atoms with Crippen LogP contribution < -0.4 is 10.6 Å². The number of benzene rings is 2. The minimum absolute atomic E-state index is 0.0385. The van der Waals surface area contributed by atoms with Crippen molar-refractivity contribution < 1.29 is 9.72 Å². The number of nitro benzene ring substituents is 1. The number of carbonyl (C=O) groups excluding carboxylic acids is 1.